The summed E-state index contributed by atoms with van der Waals surface area (Å²) in [5, 5.41) is 0. The molecule has 0 aliphatic rings. The number of nitrogens with zero attached hydrogens (tertiary/aromatic N) is 2. The zero-order valence-corrected chi connectivity index (χ0v) is 17.8. The minimum Gasteiger partial charge on any atom is -0.490 e. The van der Waals surface area contributed by atoms with Crippen molar-refractivity contribution in [1.29, 1.82) is 0 Å². The largest absolute Gasteiger partial charge is 0.490 e. The van der Waals surface area contributed by atoms with E-state index in [2.05, 4.69) is 14.7 Å². The lowest BCUT2D eigenvalue weighted by atomic mass is 10.1. The van der Waals surface area contributed by atoms with Crippen LogP contribution in [0.3, 0.4) is 0 Å². The van der Waals surface area contributed by atoms with E-state index in [4.69, 9.17) is 25.7 Å². The van der Waals surface area contributed by atoms with Gasteiger partial charge in [0.2, 0.25) is 11.7 Å². The maximum Gasteiger partial charge on any atom is 0.305 e. The second kappa shape index (κ2) is 11.7. The fourth-order valence-electron chi connectivity index (χ4n) is 2.84. The number of ether oxygens (including phenoxy) is 4. The fraction of sp³-hybridized carbons (Fsp3) is 0.476. The van der Waals surface area contributed by atoms with Crippen molar-refractivity contribution in [2.75, 3.05) is 38.4 Å². The summed E-state index contributed by atoms with van der Waals surface area (Å²) in [6, 6.07) is 3.79. The van der Waals surface area contributed by atoms with Gasteiger partial charge in [0.1, 0.15) is 5.82 Å². The van der Waals surface area contributed by atoms with E-state index < -0.39 is 0 Å². The van der Waals surface area contributed by atoms with Crippen molar-refractivity contribution in [2.45, 2.75) is 39.5 Å². The van der Waals surface area contributed by atoms with Crippen molar-refractivity contribution in [3.05, 3.63) is 29.5 Å². The van der Waals surface area contributed by atoms with Gasteiger partial charge in [0, 0.05) is 24.6 Å². The third-order valence-corrected chi connectivity index (χ3v) is 4.24. The molecule has 1 aromatic carbocycles. The predicted molar refractivity (Wildman–Crippen MR) is 114 cm³/mol. The van der Waals surface area contributed by atoms with Crippen molar-refractivity contribution in [3.8, 4) is 17.2 Å². The summed E-state index contributed by atoms with van der Waals surface area (Å²) in [6.45, 7) is 5.18. The molecule has 2 aromatic rings. The Kier molecular flexibility index (Phi) is 8.99. The van der Waals surface area contributed by atoms with Crippen molar-refractivity contribution in [2.24, 2.45) is 0 Å². The maximum absolute atomic E-state index is 11.2. The van der Waals surface area contributed by atoms with Crippen LogP contribution in [0.4, 0.5) is 11.8 Å². The molecule has 0 aliphatic heterocycles. The SMILES string of the molecule is CCOc1cc(Cc2cnc(N)nc2N)cc(OCC)c1OCCCCC(=O)OC. The number of carbonyl (C=O) groups excluding carboxylic acids is 1. The van der Waals surface area contributed by atoms with E-state index in [1.165, 1.54) is 7.11 Å². The predicted octanol–water partition coefficient (Wildman–Crippen LogP) is 2.75. The van der Waals surface area contributed by atoms with Crippen LogP contribution >= 0.6 is 0 Å². The first kappa shape index (κ1) is 23.1. The molecule has 4 N–H and O–H groups in total. The average Bonchev–Trinajstić information content (AvgIpc) is 2.71. The van der Waals surface area contributed by atoms with E-state index in [-0.39, 0.29) is 11.9 Å². The Balaban J connectivity index is 2.20. The number of aromatic nitrogens is 2. The van der Waals surface area contributed by atoms with Crippen LogP contribution in [0.5, 0.6) is 17.2 Å². The van der Waals surface area contributed by atoms with E-state index in [0.29, 0.717) is 68.6 Å². The molecule has 2 rings (SSSR count). The zero-order valence-electron chi connectivity index (χ0n) is 17.8. The Bertz CT molecular complexity index is 817. The van der Waals surface area contributed by atoms with Gasteiger partial charge in [-0.05, 0) is 44.4 Å². The summed E-state index contributed by atoms with van der Waals surface area (Å²) in [4.78, 5) is 19.2. The lowest BCUT2D eigenvalue weighted by Gasteiger charge is -2.18. The molecule has 30 heavy (non-hydrogen) atoms. The molecular weight excluding hydrogens is 388 g/mol. The van der Waals surface area contributed by atoms with Gasteiger partial charge in [0.05, 0.1) is 26.9 Å². The van der Waals surface area contributed by atoms with Gasteiger partial charge in [-0.3, -0.25) is 4.79 Å². The molecule has 0 aliphatic carbocycles. The third-order valence-electron chi connectivity index (χ3n) is 4.24. The summed E-state index contributed by atoms with van der Waals surface area (Å²) in [5.74, 6) is 1.96. The Labute approximate surface area is 176 Å². The molecule has 0 unspecified atom stereocenters. The summed E-state index contributed by atoms with van der Waals surface area (Å²) in [7, 11) is 1.38. The van der Waals surface area contributed by atoms with Gasteiger partial charge >= 0.3 is 5.97 Å². The Morgan fingerprint density at radius 1 is 1.03 bits per heavy atom. The van der Waals surface area contributed by atoms with Gasteiger partial charge in [-0.1, -0.05) is 0 Å². The number of hydrogen-bond donors (Lipinski definition) is 2. The number of esters is 1. The van der Waals surface area contributed by atoms with Crippen LogP contribution in [-0.4, -0.2) is 42.9 Å². The number of anilines is 2. The van der Waals surface area contributed by atoms with Gasteiger partial charge in [0.25, 0.3) is 0 Å². The third kappa shape index (κ3) is 6.68. The van der Waals surface area contributed by atoms with Crippen LogP contribution in [0, 0.1) is 0 Å². The standard InChI is InChI=1S/C21H30N4O5/c1-4-28-16-11-14(10-15-13-24-21(23)25-20(15)22)12-17(29-5-2)19(16)30-9-7-6-8-18(26)27-3/h11-13H,4-10H2,1-3H3,(H4,22,23,24,25). The monoisotopic (exact) mass is 418 g/mol. The quantitative estimate of drug-likeness (QED) is 0.394. The number of nitrogen functional groups attached to an aromatic ring is 2. The van der Waals surface area contributed by atoms with E-state index in [1.807, 2.05) is 26.0 Å². The smallest absolute Gasteiger partial charge is 0.305 e. The Morgan fingerprint density at radius 2 is 1.70 bits per heavy atom. The normalized spacial score (nSPS) is 10.5. The van der Waals surface area contributed by atoms with Gasteiger partial charge in [-0.25, -0.2) is 4.98 Å². The highest BCUT2D eigenvalue weighted by Crippen LogP contribution is 2.40. The zero-order chi connectivity index (χ0) is 21.9. The lowest BCUT2D eigenvalue weighted by Crippen LogP contribution is -2.07. The van der Waals surface area contributed by atoms with Crippen molar-refractivity contribution in [1.82, 2.24) is 9.97 Å². The molecule has 9 heteroatoms. The maximum atomic E-state index is 11.2. The van der Waals surface area contributed by atoms with Crippen molar-refractivity contribution < 1.29 is 23.7 Å². The minimum atomic E-state index is -0.227. The Morgan fingerprint density at radius 3 is 2.27 bits per heavy atom. The molecule has 0 spiro atoms. The van der Waals surface area contributed by atoms with Crippen molar-refractivity contribution in [3.63, 3.8) is 0 Å². The number of benzene rings is 1. The molecule has 164 valence electrons. The molecule has 0 fully saturated rings. The van der Waals surface area contributed by atoms with Gasteiger partial charge in [0.15, 0.2) is 11.5 Å². The Hall–Kier alpha value is -3.23. The van der Waals surface area contributed by atoms with Crippen LogP contribution in [0.15, 0.2) is 18.3 Å². The van der Waals surface area contributed by atoms with Crippen LogP contribution in [0.2, 0.25) is 0 Å². The van der Waals surface area contributed by atoms with E-state index in [1.54, 1.807) is 6.20 Å². The first-order chi connectivity index (χ1) is 14.5. The second-order valence-electron chi connectivity index (χ2n) is 6.48. The highest BCUT2D eigenvalue weighted by molar-refractivity contribution is 5.69. The molecule has 0 radical (unpaired) electrons. The number of hydrogen-bond acceptors (Lipinski definition) is 9. The van der Waals surface area contributed by atoms with Crippen LogP contribution < -0.4 is 25.7 Å². The average molecular weight is 418 g/mol. The van der Waals surface area contributed by atoms with Crippen LogP contribution in [-0.2, 0) is 16.0 Å². The number of rotatable bonds is 12. The first-order valence-corrected chi connectivity index (χ1v) is 9.97. The second-order valence-corrected chi connectivity index (χ2v) is 6.48. The molecule has 0 amide bonds. The first-order valence-electron chi connectivity index (χ1n) is 9.97. The molecule has 9 nitrogen and oxygen atoms in total. The summed E-state index contributed by atoms with van der Waals surface area (Å²) in [6.07, 6.45) is 3.85. The van der Waals surface area contributed by atoms with Gasteiger partial charge < -0.3 is 30.4 Å². The summed E-state index contributed by atoms with van der Waals surface area (Å²) >= 11 is 0. The highest BCUT2D eigenvalue weighted by atomic mass is 16.5. The van der Waals surface area contributed by atoms with Gasteiger partial charge in [-0.2, -0.15) is 4.98 Å². The number of unbranched alkanes of at least 4 members (excludes halogenated alkanes) is 1. The molecule has 0 bridgehead atoms. The molecule has 0 saturated carbocycles. The topological polar surface area (TPSA) is 132 Å². The number of nitrogens with two attached hydrogens (primary N) is 2. The number of methoxy groups -OCH3 is 1. The molecule has 1 heterocycles. The lowest BCUT2D eigenvalue weighted by molar-refractivity contribution is -0.140. The van der Waals surface area contributed by atoms with Crippen LogP contribution in [0.1, 0.15) is 44.2 Å². The molecule has 0 atom stereocenters. The summed E-state index contributed by atoms with van der Waals surface area (Å²) in [5.41, 5.74) is 13.2. The van der Waals surface area contributed by atoms with E-state index in [9.17, 15) is 4.79 Å². The minimum absolute atomic E-state index is 0.136. The highest BCUT2D eigenvalue weighted by Gasteiger charge is 2.16. The molecular formula is C21H30N4O5. The van der Waals surface area contributed by atoms with Crippen LogP contribution in [0.25, 0.3) is 0 Å². The summed E-state index contributed by atoms with van der Waals surface area (Å²) < 4.78 is 22.2. The van der Waals surface area contributed by atoms with Crippen molar-refractivity contribution >= 4 is 17.7 Å². The number of carbonyl (C=O) groups is 1. The van der Waals surface area contributed by atoms with E-state index in [0.717, 1.165) is 11.1 Å². The fourth-order valence-corrected chi connectivity index (χ4v) is 2.84. The molecule has 1 aromatic heterocycles. The van der Waals surface area contributed by atoms with Gasteiger partial charge in [-0.15, -0.1) is 0 Å². The van der Waals surface area contributed by atoms with E-state index >= 15 is 0 Å². The molecule has 0 saturated heterocycles.